The van der Waals surface area contributed by atoms with E-state index in [1.54, 1.807) is 7.11 Å². The van der Waals surface area contributed by atoms with Crippen LogP contribution in [0.1, 0.15) is 40.0 Å². The molecule has 2 rings (SSSR count). The molecule has 1 N–H and O–H groups in total. The summed E-state index contributed by atoms with van der Waals surface area (Å²) in [5.41, 5.74) is -0.432. The molecule has 2 heterocycles. The lowest BCUT2D eigenvalue weighted by Gasteiger charge is -2.34. The maximum absolute atomic E-state index is 12.1. The van der Waals surface area contributed by atoms with Gasteiger partial charge in [0.05, 0.1) is 6.61 Å². The van der Waals surface area contributed by atoms with Gasteiger partial charge in [-0.2, -0.15) is 0 Å². The molecule has 2 aliphatic heterocycles. The molecule has 7 nitrogen and oxygen atoms in total. The fourth-order valence-electron chi connectivity index (χ4n) is 3.61. The molecule has 2 saturated heterocycles. The summed E-state index contributed by atoms with van der Waals surface area (Å²) in [4.78, 5) is 20.7. The third kappa shape index (κ3) is 6.34. The zero-order valence-corrected chi connectivity index (χ0v) is 17.1. The maximum atomic E-state index is 12.1. The number of nitrogens with zero attached hydrogens (tertiary/aromatic N) is 3. The summed E-state index contributed by atoms with van der Waals surface area (Å²) in [6.07, 6.45) is 2.95. The highest BCUT2D eigenvalue weighted by Gasteiger charge is 2.28. The van der Waals surface area contributed by atoms with Gasteiger partial charge in [0, 0.05) is 52.8 Å². The second kappa shape index (κ2) is 9.44. The van der Waals surface area contributed by atoms with E-state index in [0.29, 0.717) is 11.8 Å². The van der Waals surface area contributed by atoms with Gasteiger partial charge in [0.2, 0.25) is 0 Å². The molecule has 1 atom stereocenters. The number of hydrogen-bond donors (Lipinski definition) is 1. The summed E-state index contributed by atoms with van der Waals surface area (Å²) in [5, 5.41) is 3.53. The van der Waals surface area contributed by atoms with Crippen molar-refractivity contribution in [1.29, 1.82) is 0 Å². The summed E-state index contributed by atoms with van der Waals surface area (Å²) in [5.74, 6) is 2.14. The number of rotatable bonds is 4. The minimum absolute atomic E-state index is 0.194. The summed E-state index contributed by atoms with van der Waals surface area (Å²) < 4.78 is 10.7. The van der Waals surface area contributed by atoms with Gasteiger partial charge in [-0.3, -0.25) is 4.99 Å². The molecule has 0 aliphatic carbocycles. The lowest BCUT2D eigenvalue weighted by atomic mass is 9.97. The van der Waals surface area contributed by atoms with Crippen LogP contribution in [0.3, 0.4) is 0 Å². The maximum Gasteiger partial charge on any atom is 0.410 e. The number of hydrogen-bond acceptors (Lipinski definition) is 4. The van der Waals surface area contributed by atoms with Gasteiger partial charge >= 0.3 is 6.09 Å². The van der Waals surface area contributed by atoms with E-state index in [0.717, 1.165) is 64.6 Å². The molecule has 0 aromatic rings. The van der Waals surface area contributed by atoms with Gasteiger partial charge in [0.1, 0.15) is 5.60 Å². The molecule has 150 valence electrons. The van der Waals surface area contributed by atoms with Crippen molar-refractivity contribution in [3.8, 4) is 0 Å². The minimum atomic E-state index is -0.432. The van der Waals surface area contributed by atoms with Crippen molar-refractivity contribution in [3.05, 3.63) is 0 Å². The Balaban J connectivity index is 1.71. The van der Waals surface area contributed by atoms with Crippen molar-refractivity contribution in [1.82, 2.24) is 15.1 Å². The molecule has 2 fully saturated rings. The van der Waals surface area contributed by atoms with Crippen LogP contribution >= 0.6 is 0 Å². The van der Waals surface area contributed by atoms with Crippen molar-refractivity contribution in [3.63, 3.8) is 0 Å². The minimum Gasteiger partial charge on any atom is -0.444 e. The first-order valence-corrected chi connectivity index (χ1v) is 9.75. The zero-order chi connectivity index (χ0) is 19.2. The predicted molar refractivity (Wildman–Crippen MR) is 103 cm³/mol. The van der Waals surface area contributed by atoms with Gasteiger partial charge in [-0.05, 0) is 46.0 Å². The Morgan fingerprint density at radius 1 is 1.12 bits per heavy atom. The molecule has 0 radical (unpaired) electrons. The van der Waals surface area contributed by atoms with Gasteiger partial charge in [0.25, 0.3) is 0 Å². The number of methoxy groups -OCH3 is 1. The fraction of sp³-hybridized carbons (Fsp3) is 0.895. The van der Waals surface area contributed by atoms with Crippen LogP contribution in [0.4, 0.5) is 4.79 Å². The van der Waals surface area contributed by atoms with Crippen LogP contribution in [0.5, 0.6) is 0 Å². The third-order valence-corrected chi connectivity index (χ3v) is 5.01. The standard InChI is InChI=1S/C19H36N4O3/c1-19(2,3)26-18(24)22-9-6-15(7-10-22)12-21-17(20-4)23-11-8-16(13-23)14-25-5/h15-16H,6-14H2,1-5H3,(H,20,21). The van der Waals surface area contributed by atoms with Crippen LogP contribution in [-0.2, 0) is 9.47 Å². The van der Waals surface area contributed by atoms with Gasteiger partial charge in [-0.1, -0.05) is 0 Å². The summed E-state index contributed by atoms with van der Waals surface area (Å²) >= 11 is 0. The van der Waals surface area contributed by atoms with Gasteiger partial charge in [-0.25, -0.2) is 4.79 Å². The number of aliphatic imine (C=N–C) groups is 1. The quantitative estimate of drug-likeness (QED) is 0.609. The van der Waals surface area contributed by atoms with E-state index in [1.807, 2.05) is 32.7 Å². The first-order chi connectivity index (χ1) is 12.3. The Labute approximate surface area is 158 Å². The van der Waals surface area contributed by atoms with E-state index in [-0.39, 0.29) is 6.09 Å². The number of carbonyl (C=O) groups excluding carboxylic acids is 1. The largest absolute Gasteiger partial charge is 0.444 e. The van der Waals surface area contributed by atoms with Gasteiger partial charge in [0.15, 0.2) is 5.96 Å². The zero-order valence-electron chi connectivity index (χ0n) is 17.1. The van der Waals surface area contributed by atoms with Gasteiger partial charge < -0.3 is 24.6 Å². The molecule has 1 unspecified atom stereocenters. The highest BCUT2D eigenvalue weighted by Crippen LogP contribution is 2.20. The SMILES string of the molecule is CN=C(NCC1CCN(C(=O)OC(C)(C)C)CC1)N1CCC(COC)C1. The number of carbonyl (C=O) groups is 1. The van der Waals surface area contributed by atoms with Crippen LogP contribution in [0.15, 0.2) is 4.99 Å². The van der Waals surface area contributed by atoms with E-state index < -0.39 is 5.60 Å². The molecule has 0 saturated carbocycles. The second-order valence-corrected chi connectivity index (χ2v) is 8.39. The molecule has 7 heteroatoms. The number of guanidine groups is 1. The van der Waals surface area contributed by atoms with Crippen molar-refractivity contribution in [2.75, 3.05) is 53.5 Å². The van der Waals surface area contributed by atoms with Crippen LogP contribution in [-0.4, -0.2) is 80.9 Å². The molecule has 26 heavy (non-hydrogen) atoms. The first-order valence-electron chi connectivity index (χ1n) is 9.75. The smallest absolute Gasteiger partial charge is 0.410 e. The van der Waals surface area contributed by atoms with Crippen molar-refractivity contribution in [2.24, 2.45) is 16.8 Å². The number of likely N-dealkylation sites (tertiary alicyclic amines) is 2. The highest BCUT2D eigenvalue weighted by molar-refractivity contribution is 5.80. The normalized spacial score (nSPS) is 22.7. The van der Waals surface area contributed by atoms with E-state index >= 15 is 0 Å². The molecule has 0 aromatic carbocycles. The molecular formula is C19H36N4O3. The lowest BCUT2D eigenvalue weighted by molar-refractivity contribution is 0.0185. The van der Waals surface area contributed by atoms with Crippen molar-refractivity contribution >= 4 is 12.1 Å². The molecular weight excluding hydrogens is 332 g/mol. The third-order valence-electron chi connectivity index (χ3n) is 5.01. The topological polar surface area (TPSA) is 66.4 Å². The number of piperidine rings is 1. The van der Waals surface area contributed by atoms with Crippen LogP contribution in [0, 0.1) is 11.8 Å². The summed E-state index contributed by atoms with van der Waals surface area (Å²) in [7, 11) is 3.61. The lowest BCUT2D eigenvalue weighted by Crippen LogP contribution is -2.46. The number of amides is 1. The summed E-state index contributed by atoms with van der Waals surface area (Å²) in [6.45, 7) is 11.0. The average molecular weight is 369 g/mol. The molecule has 0 bridgehead atoms. The molecule has 2 aliphatic rings. The molecule has 0 spiro atoms. The van der Waals surface area contributed by atoms with Crippen LogP contribution in [0.2, 0.25) is 0 Å². The van der Waals surface area contributed by atoms with E-state index in [1.165, 1.54) is 0 Å². The van der Waals surface area contributed by atoms with E-state index in [9.17, 15) is 4.79 Å². The van der Waals surface area contributed by atoms with E-state index in [2.05, 4.69) is 15.2 Å². The number of nitrogens with one attached hydrogen (secondary N) is 1. The molecule has 0 aromatic heterocycles. The Bertz CT molecular complexity index is 482. The van der Waals surface area contributed by atoms with E-state index in [4.69, 9.17) is 9.47 Å². The van der Waals surface area contributed by atoms with Crippen molar-refractivity contribution in [2.45, 2.75) is 45.6 Å². The monoisotopic (exact) mass is 368 g/mol. The Morgan fingerprint density at radius 2 is 1.73 bits per heavy atom. The van der Waals surface area contributed by atoms with Crippen LogP contribution < -0.4 is 5.32 Å². The fourth-order valence-corrected chi connectivity index (χ4v) is 3.61. The number of ether oxygens (including phenoxy) is 2. The Morgan fingerprint density at radius 3 is 2.31 bits per heavy atom. The first kappa shape index (κ1) is 20.8. The second-order valence-electron chi connectivity index (χ2n) is 8.39. The average Bonchev–Trinajstić information content (AvgIpc) is 3.03. The van der Waals surface area contributed by atoms with Crippen LogP contribution in [0.25, 0.3) is 0 Å². The highest BCUT2D eigenvalue weighted by atomic mass is 16.6. The molecule has 1 amide bonds. The van der Waals surface area contributed by atoms with Gasteiger partial charge in [-0.15, -0.1) is 0 Å². The Hall–Kier alpha value is -1.50. The Kier molecular flexibility index (Phi) is 7.55. The predicted octanol–water partition coefficient (Wildman–Crippen LogP) is 2.18. The van der Waals surface area contributed by atoms with Crippen molar-refractivity contribution < 1.29 is 14.3 Å². The summed E-state index contributed by atoms with van der Waals surface area (Å²) in [6, 6.07) is 0.